The van der Waals surface area contributed by atoms with Crippen LogP contribution in [0, 0.1) is 22.7 Å². The molecule has 0 aromatic heterocycles. The smallest absolute Gasteiger partial charge is 0.0697 e. The molecule has 0 aliphatic heterocycles. The fourth-order valence-electron chi connectivity index (χ4n) is 0.719. The molecule has 13 heavy (non-hydrogen) atoms. The first-order valence-electron chi connectivity index (χ1n) is 4.81. The van der Waals surface area contributed by atoms with Crippen LogP contribution in [0.3, 0.4) is 0 Å². The normalized spacial score (nSPS) is 14.7. The van der Waals surface area contributed by atoms with Gasteiger partial charge in [0, 0.05) is 11.8 Å². The maximum absolute atomic E-state index is 9.68. The molecule has 1 atom stereocenters. The van der Waals surface area contributed by atoms with Gasteiger partial charge in [-0.25, -0.2) is 0 Å². The highest BCUT2D eigenvalue weighted by Crippen LogP contribution is 2.21. The molecule has 1 nitrogen and oxygen atoms in total. The first-order chi connectivity index (χ1) is 5.63. The molecule has 0 bridgehead atoms. The molecule has 1 unspecified atom stereocenters. The van der Waals surface area contributed by atoms with Crippen LogP contribution in [0.4, 0.5) is 0 Å². The molecule has 0 aliphatic carbocycles. The van der Waals surface area contributed by atoms with Crippen LogP contribution >= 0.6 is 0 Å². The van der Waals surface area contributed by atoms with Gasteiger partial charge in [-0.15, -0.1) is 5.92 Å². The molecule has 0 fully saturated rings. The zero-order valence-electron chi connectivity index (χ0n) is 9.73. The van der Waals surface area contributed by atoms with Crippen LogP contribution in [0.2, 0.25) is 0 Å². The molecular weight excluding hydrogens is 160 g/mol. The average molecular weight is 182 g/mol. The molecule has 0 amide bonds. The summed E-state index contributed by atoms with van der Waals surface area (Å²) in [5, 5.41) is 9.68. The van der Waals surface area contributed by atoms with Crippen molar-refractivity contribution in [2.45, 2.75) is 54.1 Å². The second-order valence-corrected chi connectivity index (χ2v) is 5.64. The molecule has 0 heterocycles. The van der Waals surface area contributed by atoms with Crippen molar-refractivity contribution >= 4 is 0 Å². The van der Waals surface area contributed by atoms with Crippen LogP contribution in [0.15, 0.2) is 0 Å². The minimum absolute atomic E-state index is 0.0393. The van der Waals surface area contributed by atoms with Crippen molar-refractivity contribution in [1.29, 1.82) is 0 Å². The van der Waals surface area contributed by atoms with Crippen molar-refractivity contribution in [3.63, 3.8) is 0 Å². The summed E-state index contributed by atoms with van der Waals surface area (Å²) in [6.45, 7) is 12.3. The Kier molecular flexibility index (Phi) is 4.00. The first-order valence-corrected chi connectivity index (χ1v) is 4.81. The second-order valence-electron chi connectivity index (χ2n) is 5.64. The molecule has 0 spiro atoms. The van der Waals surface area contributed by atoms with E-state index >= 15 is 0 Å². The predicted octanol–water partition coefficient (Wildman–Crippen LogP) is 2.83. The van der Waals surface area contributed by atoms with Crippen molar-refractivity contribution in [2.75, 3.05) is 0 Å². The van der Waals surface area contributed by atoms with E-state index in [9.17, 15) is 5.11 Å². The summed E-state index contributed by atoms with van der Waals surface area (Å²) in [6, 6.07) is 0. The molecule has 0 radical (unpaired) electrons. The standard InChI is InChI=1S/C12H22O/c1-11(2,3)9-7-8-10(13)12(4,5)6/h10,13H,8H2,1-6H3. The maximum atomic E-state index is 9.68. The van der Waals surface area contributed by atoms with Crippen molar-refractivity contribution in [2.24, 2.45) is 10.8 Å². The highest BCUT2D eigenvalue weighted by molar-refractivity contribution is 5.08. The minimum Gasteiger partial charge on any atom is -0.392 e. The maximum Gasteiger partial charge on any atom is 0.0697 e. The number of rotatable bonds is 1. The largest absolute Gasteiger partial charge is 0.392 e. The molecule has 1 N–H and O–H groups in total. The first kappa shape index (κ1) is 12.5. The molecule has 1 heteroatoms. The Morgan fingerprint density at radius 3 is 1.85 bits per heavy atom. The lowest BCUT2D eigenvalue weighted by Gasteiger charge is -2.23. The van der Waals surface area contributed by atoms with E-state index in [1.807, 2.05) is 20.8 Å². The van der Waals surface area contributed by atoms with E-state index in [0.29, 0.717) is 6.42 Å². The van der Waals surface area contributed by atoms with Gasteiger partial charge in [0.05, 0.1) is 6.10 Å². The van der Waals surface area contributed by atoms with E-state index in [2.05, 4.69) is 32.6 Å². The Morgan fingerprint density at radius 2 is 1.54 bits per heavy atom. The van der Waals surface area contributed by atoms with Gasteiger partial charge in [0.1, 0.15) is 0 Å². The van der Waals surface area contributed by atoms with Gasteiger partial charge >= 0.3 is 0 Å². The Morgan fingerprint density at radius 1 is 1.08 bits per heavy atom. The Bertz CT molecular complexity index is 204. The molecule has 76 valence electrons. The van der Waals surface area contributed by atoms with E-state index in [4.69, 9.17) is 0 Å². The third kappa shape index (κ3) is 6.66. The summed E-state index contributed by atoms with van der Waals surface area (Å²) in [7, 11) is 0. The highest BCUT2D eigenvalue weighted by atomic mass is 16.3. The van der Waals surface area contributed by atoms with Gasteiger partial charge < -0.3 is 5.11 Å². The van der Waals surface area contributed by atoms with Crippen molar-refractivity contribution < 1.29 is 5.11 Å². The van der Waals surface area contributed by atoms with E-state index in [1.165, 1.54) is 0 Å². The van der Waals surface area contributed by atoms with E-state index < -0.39 is 0 Å². The second kappa shape index (κ2) is 4.15. The zero-order valence-corrected chi connectivity index (χ0v) is 9.73. The predicted molar refractivity (Wildman–Crippen MR) is 57.3 cm³/mol. The quantitative estimate of drug-likeness (QED) is 0.618. The van der Waals surface area contributed by atoms with Crippen LogP contribution in [-0.2, 0) is 0 Å². The van der Waals surface area contributed by atoms with Crippen LogP contribution in [-0.4, -0.2) is 11.2 Å². The Balaban J connectivity index is 4.09. The van der Waals surface area contributed by atoms with Gasteiger partial charge in [0.2, 0.25) is 0 Å². The minimum atomic E-state index is -0.331. The third-order valence-electron chi connectivity index (χ3n) is 1.76. The third-order valence-corrected chi connectivity index (χ3v) is 1.76. The Labute approximate surface area is 82.5 Å². The van der Waals surface area contributed by atoms with Crippen molar-refractivity contribution in [3.8, 4) is 11.8 Å². The lowest BCUT2D eigenvalue weighted by molar-refractivity contribution is 0.0677. The Hall–Kier alpha value is -0.480. The molecule has 0 saturated carbocycles. The summed E-state index contributed by atoms with van der Waals surface area (Å²) < 4.78 is 0. The van der Waals surface area contributed by atoms with E-state index in [1.54, 1.807) is 0 Å². The van der Waals surface area contributed by atoms with Crippen LogP contribution in [0.5, 0.6) is 0 Å². The van der Waals surface area contributed by atoms with Gasteiger partial charge in [0.15, 0.2) is 0 Å². The molecular formula is C12H22O. The summed E-state index contributed by atoms with van der Waals surface area (Å²) in [5.74, 6) is 6.15. The van der Waals surface area contributed by atoms with E-state index in [0.717, 1.165) is 0 Å². The molecule has 0 saturated heterocycles. The average Bonchev–Trinajstić information content (AvgIpc) is 1.82. The number of aliphatic hydroxyl groups excluding tert-OH is 1. The fraction of sp³-hybridized carbons (Fsp3) is 0.833. The lowest BCUT2D eigenvalue weighted by Crippen LogP contribution is -2.25. The number of hydrogen-bond acceptors (Lipinski definition) is 1. The van der Waals surface area contributed by atoms with Gasteiger partial charge in [-0.2, -0.15) is 0 Å². The van der Waals surface area contributed by atoms with E-state index in [-0.39, 0.29) is 16.9 Å². The molecule has 0 aliphatic rings. The summed E-state index contributed by atoms with van der Waals surface area (Å²) in [6.07, 6.45) is 0.239. The summed E-state index contributed by atoms with van der Waals surface area (Å²) >= 11 is 0. The molecule has 0 rings (SSSR count). The van der Waals surface area contributed by atoms with Gasteiger partial charge in [-0.1, -0.05) is 26.7 Å². The fourth-order valence-corrected chi connectivity index (χ4v) is 0.719. The summed E-state index contributed by atoms with van der Waals surface area (Å²) in [4.78, 5) is 0. The topological polar surface area (TPSA) is 20.2 Å². The number of aliphatic hydroxyl groups is 1. The lowest BCUT2D eigenvalue weighted by atomic mass is 9.87. The zero-order chi connectivity index (χ0) is 10.7. The van der Waals surface area contributed by atoms with Gasteiger partial charge in [0.25, 0.3) is 0 Å². The highest BCUT2D eigenvalue weighted by Gasteiger charge is 2.20. The van der Waals surface area contributed by atoms with Crippen molar-refractivity contribution in [1.82, 2.24) is 0 Å². The van der Waals surface area contributed by atoms with Crippen LogP contribution < -0.4 is 0 Å². The van der Waals surface area contributed by atoms with Gasteiger partial charge in [-0.05, 0) is 26.2 Å². The molecule has 0 aromatic carbocycles. The SMILES string of the molecule is CC(C)(C)C#CCC(O)C(C)(C)C. The van der Waals surface area contributed by atoms with Crippen molar-refractivity contribution in [3.05, 3.63) is 0 Å². The number of hydrogen-bond donors (Lipinski definition) is 1. The monoisotopic (exact) mass is 182 g/mol. The summed E-state index contributed by atoms with van der Waals surface area (Å²) in [5.41, 5.74) is -0.0236. The molecule has 0 aromatic rings. The van der Waals surface area contributed by atoms with Crippen LogP contribution in [0.1, 0.15) is 48.0 Å². The van der Waals surface area contributed by atoms with Gasteiger partial charge in [-0.3, -0.25) is 0 Å². The van der Waals surface area contributed by atoms with Crippen LogP contribution in [0.25, 0.3) is 0 Å².